The Labute approximate surface area is 172 Å². The Kier molecular flexibility index (Phi) is 5.83. The number of ether oxygens (including phenoxy) is 1. The Bertz CT molecular complexity index is 864. The van der Waals surface area contributed by atoms with E-state index in [9.17, 15) is 4.79 Å². The molecule has 0 saturated carbocycles. The van der Waals surface area contributed by atoms with Crippen molar-refractivity contribution in [2.45, 2.75) is 45.7 Å². The molecule has 0 unspecified atom stereocenters. The number of hydrogen-bond acceptors (Lipinski definition) is 6. The first-order valence-electron chi connectivity index (χ1n) is 10.5. The maximum Gasteiger partial charge on any atom is 0.409 e. The molecule has 0 spiro atoms. The zero-order valence-electron chi connectivity index (χ0n) is 17.2. The van der Waals surface area contributed by atoms with Crippen LogP contribution >= 0.6 is 0 Å². The summed E-state index contributed by atoms with van der Waals surface area (Å²) in [6.45, 7) is 7.49. The number of carbonyl (C=O) groups is 1. The molecular formula is C22H29N5O2. The summed E-state index contributed by atoms with van der Waals surface area (Å²) >= 11 is 0. The number of carbonyl (C=O) groups excluding carboxylic acids is 1. The van der Waals surface area contributed by atoms with Crippen LogP contribution in [0, 0.1) is 6.92 Å². The van der Waals surface area contributed by atoms with E-state index in [1.54, 1.807) is 4.90 Å². The van der Waals surface area contributed by atoms with Crippen LogP contribution in [0.1, 0.15) is 36.6 Å². The molecule has 2 aliphatic heterocycles. The van der Waals surface area contributed by atoms with Crippen molar-refractivity contribution < 1.29 is 9.53 Å². The number of piperidine rings is 1. The van der Waals surface area contributed by atoms with E-state index in [2.05, 4.69) is 45.5 Å². The van der Waals surface area contributed by atoms with Gasteiger partial charge in [0, 0.05) is 44.0 Å². The average Bonchev–Trinajstić information content (AvgIpc) is 2.73. The maximum absolute atomic E-state index is 11.9. The van der Waals surface area contributed by atoms with Gasteiger partial charge in [-0.25, -0.2) is 9.78 Å². The third-order valence-corrected chi connectivity index (χ3v) is 5.65. The van der Waals surface area contributed by atoms with Gasteiger partial charge in [-0.2, -0.15) is 4.98 Å². The second-order valence-electron chi connectivity index (χ2n) is 7.74. The molecule has 1 aromatic carbocycles. The lowest BCUT2D eigenvalue weighted by molar-refractivity contribution is 0.0983. The van der Waals surface area contributed by atoms with Gasteiger partial charge in [-0.05, 0) is 44.2 Å². The van der Waals surface area contributed by atoms with Gasteiger partial charge in [0.05, 0.1) is 6.61 Å². The van der Waals surface area contributed by atoms with Crippen LogP contribution in [0.25, 0.3) is 0 Å². The van der Waals surface area contributed by atoms with Crippen molar-refractivity contribution in [1.29, 1.82) is 0 Å². The van der Waals surface area contributed by atoms with E-state index >= 15 is 0 Å². The Morgan fingerprint density at radius 2 is 1.93 bits per heavy atom. The molecule has 0 aliphatic carbocycles. The Balaban J connectivity index is 1.40. The number of nitrogens with one attached hydrogen (secondary N) is 1. The van der Waals surface area contributed by atoms with Crippen LogP contribution in [0.2, 0.25) is 0 Å². The smallest absolute Gasteiger partial charge is 0.409 e. The standard InChI is InChI=1S/C22H29N5O2/c1-3-29-22(28)26-12-9-19(10-13-26)24-21-23-16(2)14-20(25-21)27-11-8-17-6-4-5-7-18(17)15-27/h4-7,14,19H,3,8-13,15H2,1-2H3,(H,23,24,25). The minimum absolute atomic E-state index is 0.217. The van der Waals surface area contributed by atoms with Crippen molar-refractivity contribution in [2.24, 2.45) is 0 Å². The molecule has 0 bridgehead atoms. The normalized spacial score (nSPS) is 17.0. The van der Waals surface area contributed by atoms with Crippen molar-refractivity contribution in [3.63, 3.8) is 0 Å². The second-order valence-corrected chi connectivity index (χ2v) is 7.74. The summed E-state index contributed by atoms with van der Waals surface area (Å²) in [5, 5.41) is 3.48. The number of nitrogens with zero attached hydrogens (tertiary/aromatic N) is 4. The molecule has 1 saturated heterocycles. The molecule has 1 aromatic heterocycles. The minimum Gasteiger partial charge on any atom is -0.450 e. The van der Waals surface area contributed by atoms with Crippen LogP contribution in [0.15, 0.2) is 30.3 Å². The van der Waals surface area contributed by atoms with Gasteiger partial charge in [0.25, 0.3) is 0 Å². The summed E-state index contributed by atoms with van der Waals surface area (Å²) in [5.41, 5.74) is 3.76. The number of fused-ring (bicyclic) bond motifs is 1. The SMILES string of the molecule is CCOC(=O)N1CCC(Nc2nc(C)cc(N3CCc4ccccc4C3)n2)CC1. The van der Waals surface area contributed by atoms with E-state index in [4.69, 9.17) is 9.72 Å². The highest BCUT2D eigenvalue weighted by molar-refractivity contribution is 5.67. The van der Waals surface area contributed by atoms with Gasteiger partial charge in [0.2, 0.25) is 5.95 Å². The summed E-state index contributed by atoms with van der Waals surface area (Å²) in [6.07, 6.45) is 2.55. The number of hydrogen-bond donors (Lipinski definition) is 1. The van der Waals surface area contributed by atoms with Crippen molar-refractivity contribution in [2.75, 3.05) is 36.5 Å². The summed E-state index contributed by atoms with van der Waals surface area (Å²) in [4.78, 5) is 25.4. The molecule has 1 amide bonds. The minimum atomic E-state index is -0.217. The average molecular weight is 396 g/mol. The first kappa shape index (κ1) is 19.5. The summed E-state index contributed by atoms with van der Waals surface area (Å²) < 4.78 is 5.09. The highest BCUT2D eigenvalue weighted by Gasteiger charge is 2.24. The van der Waals surface area contributed by atoms with Gasteiger partial charge in [-0.3, -0.25) is 0 Å². The summed E-state index contributed by atoms with van der Waals surface area (Å²) in [5.74, 6) is 1.65. The zero-order valence-corrected chi connectivity index (χ0v) is 17.2. The molecule has 0 radical (unpaired) electrons. The van der Waals surface area contributed by atoms with Crippen molar-refractivity contribution in [3.8, 4) is 0 Å². The van der Waals surface area contributed by atoms with Gasteiger partial charge in [-0.15, -0.1) is 0 Å². The van der Waals surface area contributed by atoms with Crippen LogP contribution in [0.5, 0.6) is 0 Å². The Hall–Kier alpha value is -2.83. The van der Waals surface area contributed by atoms with Crippen molar-refractivity contribution in [1.82, 2.24) is 14.9 Å². The fraction of sp³-hybridized carbons (Fsp3) is 0.500. The number of rotatable bonds is 4. The molecule has 3 heterocycles. The van der Waals surface area contributed by atoms with Crippen molar-refractivity contribution >= 4 is 17.9 Å². The molecule has 4 rings (SSSR count). The lowest BCUT2D eigenvalue weighted by Gasteiger charge is -2.32. The zero-order chi connectivity index (χ0) is 20.2. The van der Waals surface area contributed by atoms with Gasteiger partial charge >= 0.3 is 6.09 Å². The van der Waals surface area contributed by atoms with Crippen molar-refractivity contribution in [3.05, 3.63) is 47.2 Å². The van der Waals surface area contributed by atoms with Crippen LogP contribution < -0.4 is 10.2 Å². The number of aryl methyl sites for hydroxylation is 1. The van der Waals surface area contributed by atoms with E-state index in [1.165, 1.54) is 11.1 Å². The first-order valence-corrected chi connectivity index (χ1v) is 10.5. The quantitative estimate of drug-likeness (QED) is 0.856. The molecular weight excluding hydrogens is 366 g/mol. The molecule has 29 heavy (non-hydrogen) atoms. The maximum atomic E-state index is 11.9. The predicted octanol–water partition coefficient (Wildman–Crippen LogP) is 3.38. The number of amides is 1. The highest BCUT2D eigenvalue weighted by atomic mass is 16.6. The number of anilines is 2. The largest absolute Gasteiger partial charge is 0.450 e. The highest BCUT2D eigenvalue weighted by Crippen LogP contribution is 2.25. The Morgan fingerprint density at radius 3 is 2.69 bits per heavy atom. The topological polar surface area (TPSA) is 70.6 Å². The van der Waals surface area contributed by atoms with E-state index in [0.29, 0.717) is 25.6 Å². The van der Waals surface area contributed by atoms with Gasteiger partial charge in [0.15, 0.2) is 0 Å². The predicted molar refractivity (Wildman–Crippen MR) is 113 cm³/mol. The fourth-order valence-electron chi connectivity index (χ4n) is 4.07. The first-order chi connectivity index (χ1) is 14.1. The van der Waals surface area contributed by atoms with Gasteiger partial charge in [0.1, 0.15) is 5.82 Å². The molecule has 1 N–H and O–H groups in total. The third-order valence-electron chi connectivity index (χ3n) is 5.65. The number of likely N-dealkylation sites (tertiary alicyclic amines) is 1. The molecule has 2 aliphatic rings. The number of aromatic nitrogens is 2. The van der Waals surface area contributed by atoms with E-state index in [0.717, 1.165) is 43.9 Å². The van der Waals surface area contributed by atoms with Crippen LogP contribution in [0.4, 0.5) is 16.6 Å². The van der Waals surface area contributed by atoms with Gasteiger partial charge in [-0.1, -0.05) is 24.3 Å². The summed E-state index contributed by atoms with van der Waals surface area (Å²) in [7, 11) is 0. The monoisotopic (exact) mass is 395 g/mol. The second kappa shape index (κ2) is 8.68. The summed E-state index contributed by atoms with van der Waals surface area (Å²) in [6, 6.07) is 10.9. The molecule has 7 heteroatoms. The molecule has 2 aromatic rings. The van der Waals surface area contributed by atoms with Crippen LogP contribution in [-0.4, -0.2) is 53.2 Å². The van der Waals surface area contributed by atoms with E-state index in [-0.39, 0.29) is 12.1 Å². The number of benzene rings is 1. The molecule has 7 nitrogen and oxygen atoms in total. The fourth-order valence-corrected chi connectivity index (χ4v) is 4.07. The van der Waals surface area contributed by atoms with E-state index < -0.39 is 0 Å². The lowest BCUT2D eigenvalue weighted by atomic mass is 10.00. The van der Waals surface area contributed by atoms with Crippen LogP contribution in [0.3, 0.4) is 0 Å². The van der Waals surface area contributed by atoms with Gasteiger partial charge < -0.3 is 19.9 Å². The molecule has 0 atom stereocenters. The van der Waals surface area contributed by atoms with E-state index in [1.807, 2.05) is 13.8 Å². The lowest BCUT2D eigenvalue weighted by Crippen LogP contribution is -2.42. The molecule has 1 fully saturated rings. The Morgan fingerprint density at radius 1 is 1.17 bits per heavy atom. The third kappa shape index (κ3) is 4.60. The molecule has 154 valence electrons. The van der Waals surface area contributed by atoms with Crippen LogP contribution in [-0.2, 0) is 17.7 Å².